The summed E-state index contributed by atoms with van der Waals surface area (Å²) in [6, 6.07) is 5.51. The molecule has 0 amide bonds. The van der Waals surface area contributed by atoms with Crippen LogP contribution >= 0.6 is 11.6 Å². The summed E-state index contributed by atoms with van der Waals surface area (Å²) in [5.41, 5.74) is 1.33. The Balaban J connectivity index is 1.61. The van der Waals surface area contributed by atoms with Crippen molar-refractivity contribution in [2.75, 3.05) is 11.4 Å². The van der Waals surface area contributed by atoms with Crippen molar-refractivity contribution in [2.24, 2.45) is 0 Å². The average Bonchev–Trinajstić information content (AvgIpc) is 3.06. The molecule has 1 aliphatic heterocycles. The van der Waals surface area contributed by atoms with Crippen LogP contribution in [0.4, 0.5) is 18.9 Å². The summed E-state index contributed by atoms with van der Waals surface area (Å²) in [5, 5.41) is 10.4. The van der Waals surface area contributed by atoms with Gasteiger partial charge in [0.05, 0.1) is 30.2 Å². The van der Waals surface area contributed by atoms with Gasteiger partial charge in [-0.2, -0.15) is 23.4 Å². The van der Waals surface area contributed by atoms with Crippen LogP contribution in [0.25, 0.3) is 0 Å². The van der Waals surface area contributed by atoms with E-state index < -0.39 is 17.3 Å². The largest absolute Gasteiger partial charge is 0.416 e. The second-order valence-electron chi connectivity index (χ2n) is 6.50. The van der Waals surface area contributed by atoms with Gasteiger partial charge in [-0.05, 0) is 11.6 Å². The highest BCUT2D eigenvalue weighted by atomic mass is 35.5. The lowest BCUT2D eigenvalue weighted by Gasteiger charge is -2.29. The highest BCUT2D eigenvalue weighted by Crippen LogP contribution is 2.33. The molecule has 10 heteroatoms. The number of anilines is 1. The standard InChI is InChI=1S/C18H15ClF3N5O/c19-16-15(8-23-25-17(16)28)26-6-5-14-12(9-26)7-24-27(14)10-11-3-1-2-4-13(11)18(20,21)22/h1-4,7-8H,5-6,9-10H2,(H,25,28). The molecule has 1 aromatic carbocycles. The van der Waals surface area contributed by atoms with Crippen LogP contribution in [0.5, 0.6) is 0 Å². The van der Waals surface area contributed by atoms with Crippen molar-refractivity contribution < 1.29 is 13.2 Å². The molecule has 0 fully saturated rings. The van der Waals surface area contributed by atoms with E-state index in [2.05, 4.69) is 15.3 Å². The smallest absolute Gasteiger partial charge is 0.364 e. The molecule has 0 saturated heterocycles. The molecule has 0 atom stereocenters. The second kappa shape index (κ2) is 6.97. The third-order valence-electron chi connectivity index (χ3n) is 4.78. The maximum Gasteiger partial charge on any atom is 0.416 e. The van der Waals surface area contributed by atoms with Crippen molar-refractivity contribution in [3.05, 3.63) is 74.4 Å². The van der Waals surface area contributed by atoms with Crippen LogP contribution < -0.4 is 10.5 Å². The molecule has 3 aromatic rings. The van der Waals surface area contributed by atoms with Crippen molar-refractivity contribution in [3.8, 4) is 0 Å². The fourth-order valence-electron chi connectivity index (χ4n) is 3.43. The zero-order chi connectivity index (χ0) is 19.9. The van der Waals surface area contributed by atoms with Gasteiger partial charge in [-0.1, -0.05) is 29.8 Å². The van der Waals surface area contributed by atoms with E-state index in [1.165, 1.54) is 18.3 Å². The van der Waals surface area contributed by atoms with Gasteiger partial charge in [-0.15, -0.1) is 0 Å². The number of hydrogen-bond acceptors (Lipinski definition) is 4. The Morgan fingerprint density at radius 3 is 2.79 bits per heavy atom. The minimum absolute atomic E-state index is 0.0400. The molecule has 2 aromatic heterocycles. The van der Waals surface area contributed by atoms with Crippen molar-refractivity contribution in [1.82, 2.24) is 20.0 Å². The number of halogens is 4. The van der Waals surface area contributed by atoms with Gasteiger partial charge < -0.3 is 4.90 Å². The SMILES string of the molecule is O=c1[nH]ncc(N2CCc3c(cnn3Cc3ccccc3C(F)(F)F)C2)c1Cl. The van der Waals surface area contributed by atoms with Gasteiger partial charge in [0.2, 0.25) is 0 Å². The molecule has 1 aliphatic rings. The Morgan fingerprint density at radius 2 is 2.00 bits per heavy atom. The van der Waals surface area contributed by atoms with Gasteiger partial charge in [0.1, 0.15) is 5.02 Å². The molecule has 0 saturated carbocycles. The molecule has 0 aliphatic carbocycles. The van der Waals surface area contributed by atoms with Crippen LogP contribution in [0.2, 0.25) is 5.02 Å². The third kappa shape index (κ3) is 3.37. The molecule has 146 valence electrons. The number of fused-ring (bicyclic) bond motifs is 1. The van der Waals surface area contributed by atoms with Crippen LogP contribution in [-0.2, 0) is 25.7 Å². The third-order valence-corrected chi connectivity index (χ3v) is 5.14. The van der Waals surface area contributed by atoms with E-state index in [1.807, 2.05) is 4.90 Å². The van der Waals surface area contributed by atoms with E-state index in [0.717, 1.165) is 17.3 Å². The quantitative estimate of drug-likeness (QED) is 0.721. The van der Waals surface area contributed by atoms with E-state index >= 15 is 0 Å². The fourth-order valence-corrected chi connectivity index (χ4v) is 3.64. The molecule has 0 radical (unpaired) electrons. The van der Waals surface area contributed by atoms with Gasteiger partial charge in [0.25, 0.3) is 5.56 Å². The van der Waals surface area contributed by atoms with Crippen molar-refractivity contribution in [1.29, 1.82) is 0 Å². The summed E-state index contributed by atoms with van der Waals surface area (Å²) in [7, 11) is 0. The number of nitrogens with one attached hydrogen (secondary N) is 1. The summed E-state index contributed by atoms with van der Waals surface area (Å²) < 4.78 is 41.3. The Morgan fingerprint density at radius 1 is 1.21 bits per heavy atom. The van der Waals surface area contributed by atoms with Gasteiger partial charge in [0, 0.05) is 30.8 Å². The van der Waals surface area contributed by atoms with E-state index in [4.69, 9.17) is 11.6 Å². The van der Waals surface area contributed by atoms with Crippen molar-refractivity contribution in [3.63, 3.8) is 0 Å². The van der Waals surface area contributed by atoms with Crippen molar-refractivity contribution in [2.45, 2.75) is 25.7 Å². The molecule has 1 N–H and O–H groups in total. The van der Waals surface area contributed by atoms with Crippen LogP contribution in [0.1, 0.15) is 22.4 Å². The molecular weight excluding hydrogens is 395 g/mol. The van der Waals surface area contributed by atoms with E-state index in [9.17, 15) is 18.0 Å². The number of benzene rings is 1. The molecule has 28 heavy (non-hydrogen) atoms. The number of nitrogens with zero attached hydrogens (tertiary/aromatic N) is 4. The van der Waals surface area contributed by atoms with Crippen LogP contribution in [0.15, 0.2) is 41.5 Å². The molecule has 6 nitrogen and oxygen atoms in total. The maximum absolute atomic E-state index is 13.2. The number of alkyl halides is 3. The number of aromatic nitrogens is 4. The molecular formula is C18H15ClF3N5O. The molecule has 0 bridgehead atoms. The second-order valence-corrected chi connectivity index (χ2v) is 6.88. The highest BCUT2D eigenvalue weighted by molar-refractivity contribution is 6.32. The van der Waals surface area contributed by atoms with Crippen molar-refractivity contribution >= 4 is 17.3 Å². The summed E-state index contributed by atoms with van der Waals surface area (Å²) >= 11 is 6.07. The number of rotatable bonds is 3. The maximum atomic E-state index is 13.2. The Labute approximate surface area is 162 Å². The number of H-pyrrole nitrogens is 1. The first-order chi connectivity index (χ1) is 13.3. The first-order valence-corrected chi connectivity index (χ1v) is 8.89. The predicted octanol–water partition coefficient (Wildman–Crippen LogP) is 3.25. The monoisotopic (exact) mass is 409 g/mol. The topological polar surface area (TPSA) is 66.8 Å². The van der Waals surface area contributed by atoms with Crippen LogP contribution in [-0.4, -0.2) is 26.5 Å². The van der Waals surface area contributed by atoms with Gasteiger partial charge >= 0.3 is 6.18 Å². The van der Waals surface area contributed by atoms with Gasteiger partial charge in [-0.3, -0.25) is 9.48 Å². The average molecular weight is 410 g/mol. The zero-order valence-corrected chi connectivity index (χ0v) is 15.3. The molecule has 0 spiro atoms. The summed E-state index contributed by atoms with van der Waals surface area (Å²) in [4.78, 5) is 13.6. The van der Waals surface area contributed by atoms with Crippen LogP contribution in [0, 0.1) is 0 Å². The molecule has 4 rings (SSSR count). The lowest BCUT2D eigenvalue weighted by atomic mass is 10.1. The van der Waals surface area contributed by atoms with E-state index in [0.29, 0.717) is 25.2 Å². The Bertz CT molecular complexity index is 1080. The zero-order valence-electron chi connectivity index (χ0n) is 14.5. The first kappa shape index (κ1) is 18.5. The summed E-state index contributed by atoms with van der Waals surface area (Å²) in [5.74, 6) is 0. The predicted molar refractivity (Wildman–Crippen MR) is 97.4 cm³/mol. The molecule has 0 unspecified atom stereocenters. The van der Waals surface area contributed by atoms with E-state index in [1.54, 1.807) is 16.9 Å². The fraction of sp³-hybridized carbons (Fsp3) is 0.278. The first-order valence-electron chi connectivity index (χ1n) is 8.51. The number of aromatic amines is 1. The molecule has 3 heterocycles. The van der Waals surface area contributed by atoms with E-state index in [-0.39, 0.29) is 17.1 Å². The highest BCUT2D eigenvalue weighted by Gasteiger charge is 2.33. The Kier molecular flexibility index (Phi) is 4.62. The minimum Gasteiger partial charge on any atom is -0.364 e. The Hall–Kier alpha value is -2.81. The normalized spacial score (nSPS) is 14.2. The van der Waals surface area contributed by atoms with Gasteiger partial charge in [0.15, 0.2) is 0 Å². The lowest BCUT2D eigenvalue weighted by Crippen LogP contribution is -2.32. The van der Waals surface area contributed by atoms with Crippen LogP contribution in [0.3, 0.4) is 0 Å². The number of hydrogen-bond donors (Lipinski definition) is 1. The minimum atomic E-state index is -4.41. The summed E-state index contributed by atoms with van der Waals surface area (Å²) in [6.07, 6.45) is -0.720. The summed E-state index contributed by atoms with van der Waals surface area (Å²) in [6.45, 7) is 1.03. The van der Waals surface area contributed by atoms with Gasteiger partial charge in [-0.25, -0.2) is 5.10 Å². The lowest BCUT2D eigenvalue weighted by molar-refractivity contribution is -0.138.